The predicted molar refractivity (Wildman–Crippen MR) is 115 cm³/mol. The van der Waals surface area contributed by atoms with Gasteiger partial charge in [0.25, 0.3) is 0 Å². The lowest BCUT2D eigenvalue weighted by atomic mass is 10.1. The molecule has 4 heteroatoms. The lowest BCUT2D eigenvalue weighted by molar-refractivity contribution is -0.116. The molecule has 0 fully saturated rings. The number of aryl methyl sites for hydroxylation is 1. The summed E-state index contributed by atoms with van der Waals surface area (Å²) in [5.41, 5.74) is 3.23. The van der Waals surface area contributed by atoms with Crippen molar-refractivity contribution in [1.82, 2.24) is 5.32 Å². The minimum absolute atomic E-state index is 0.0738. The van der Waals surface area contributed by atoms with Crippen molar-refractivity contribution in [2.75, 3.05) is 13.7 Å². The molecule has 28 heavy (non-hydrogen) atoms. The van der Waals surface area contributed by atoms with Gasteiger partial charge in [-0.2, -0.15) is 0 Å². The Labute approximate surface area is 168 Å². The van der Waals surface area contributed by atoms with Crippen molar-refractivity contribution in [3.8, 4) is 11.5 Å². The summed E-state index contributed by atoms with van der Waals surface area (Å²) in [5, 5.41) is 2.91. The summed E-state index contributed by atoms with van der Waals surface area (Å²) in [4.78, 5) is 11.9. The highest BCUT2D eigenvalue weighted by Crippen LogP contribution is 2.29. The molecule has 1 N–H and O–H groups in total. The molecule has 0 spiro atoms. The van der Waals surface area contributed by atoms with Gasteiger partial charge in [0.15, 0.2) is 11.5 Å². The van der Waals surface area contributed by atoms with Crippen LogP contribution in [0.5, 0.6) is 11.5 Å². The number of nitrogens with one attached hydrogen (secondary N) is 1. The highest BCUT2D eigenvalue weighted by molar-refractivity contribution is 5.91. The zero-order valence-electron chi connectivity index (χ0n) is 17.2. The Hall–Kier alpha value is -2.75. The van der Waals surface area contributed by atoms with E-state index in [1.807, 2.05) is 30.3 Å². The molecule has 0 bridgehead atoms. The lowest BCUT2D eigenvalue weighted by Gasteiger charge is -2.12. The third kappa shape index (κ3) is 7.10. The molecule has 0 aliphatic carbocycles. The number of carbonyl (C=O) groups excluding carboxylic acids is 1. The van der Waals surface area contributed by atoms with Crippen molar-refractivity contribution in [1.29, 1.82) is 0 Å². The van der Waals surface area contributed by atoms with Crippen molar-refractivity contribution in [3.05, 3.63) is 65.2 Å². The van der Waals surface area contributed by atoms with Crippen molar-refractivity contribution >= 4 is 12.0 Å². The summed E-state index contributed by atoms with van der Waals surface area (Å²) < 4.78 is 11.4. The lowest BCUT2D eigenvalue weighted by Crippen LogP contribution is -2.21. The van der Waals surface area contributed by atoms with Crippen molar-refractivity contribution in [3.63, 3.8) is 0 Å². The molecule has 0 aromatic heterocycles. The summed E-state index contributed by atoms with van der Waals surface area (Å²) in [6, 6.07) is 13.8. The summed E-state index contributed by atoms with van der Waals surface area (Å²) >= 11 is 0. The van der Waals surface area contributed by atoms with Gasteiger partial charge in [-0.1, -0.05) is 56.5 Å². The van der Waals surface area contributed by atoms with E-state index >= 15 is 0 Å². The van der Waals surface area contributed by atoms with E-state index in [0.717, 1.165) is 30.5 Å². The van der Waals surface area contributed by atoms with Crippen LogP contribution in [0.1, 0.15) is 49.3 Å². The first-order valence-corrected chi connectivity index (χ1v) is 9.95. The van der Waals surface area contributed by atoms with E-state index in [0.29, 0.717) is 18.1 Å². The van der Waals surface area contributed by atoms with Gasteiger partial charge in [-0.25, -0.2) is 0 Å². The maximum Gasteiger partial charge on any atom is 0.243 e. The summed E-state index contributed by atoms with van der Waals surface area (Å²) in [6.45, 7) is 5.45. The van der Waals surface area contributed by atoms with E-state index in [9.17, 15) is 4.79 Å². The van der Waals surface area contributed by atoms with Gasteiger partial charge >= 0.3 is 0 Å². The summed E-state index contributed by atoms with van der Waals surface area (Å²) in [7, 11) is 1.62. The SMILES string of the molecule is CCCCCCNC(=O)/C=C/c1ccc(OCc2ccccc2C)c(OC)c1. The molecule has 2 rings (SSSR count). The number of methoxy groups -OCH3 is 1. The fourth-order valence-electron chi connectivity index (χ4n) is 2.83. The zero-order chi connectivity index (χ0) is 20.2. The first kappa shape index (κ1) is 21.5. The molecule has 1 amide bonds. The third-order valence-electron chi connectivity index (χ3n) is 4.59. The average molecular weight is 382 g/mol. The Morgan fingerprint density at radius 3 is 2.64 bits per heavy atom. The highest BCUT2D eigenvalue weighted by Gasteiger charge is 2.06. The van der Waals surface area contributed by atoms with Gasteiger partial charge < -0.3 is 14.8 Å². The van der Waals surface area contributed by atoms with E-state index in [2.05, 4.69) is 31.3 Å². The standard InChI is InChI=1S/C24H31NO3/c1-4-5-6-9-16-25-24(26)15-13-20-12-14-22(23(17-20)27-3)28-18-21-11-8-7-10-19(21)2/h7-8,10-15,17H,4-6,9,16,18H2,1-3H3,(H,25,26)/b15-13+. The zero-order valence-corrected chi connectivity index (χ0v) is 17.2. The maximum absolute atomic E-state index is 11.9. The first-order chi connectivity index (χ1) is 13.6. The molecule has 0 aliphatic heterocycles. The molecule has 0 saturated carbocycles. The smallest absolute Gasteiger partial charge is 0.243 e. The molecule has 0 unspecified atom stereocenters. The number of hydrogen-bond acceptors (Lipinski definition) is 3. The maximum atomic E-state index is 11.9. The number of carbonyl (C=O) groups is 1. The Balaban J connectivity index is 1.91. The molecule has 2 aromatic carbocycles. The van der Waals surface area contributed by atoms with E-state index in [4.69, 9.17) is 9.47 Å². The number of unbranched alkanes of at least 4 members (excludes halogenated alkanes) is 3. The van der Waals surface area contributed by atoms with Crippen LogP contribution in [0.3, 0.4) is 0 Å². The van der Waals surface area contributed by atoms with Crippen LogP contribution in [0.2, 0.25) is 0 Å². The van der Waals surface area contributed by atoms with Crippen molar-refractivity contribution in [2.24, 2.45) is 0 Å². The topological polar surface area (TPSA) is 47.6 Å². The Morgan fingerprint density at radius 2 is 1.89 bits per heavy atom. The van der Waals surface area contributed by atoms with Gasteiger partial charge in [-0.3, -0.25) is 4.79 Å². The van der Waals surface area contributed by atoms with Crippen LogP contribution in [0.4, 0.5) is 0 Å². The molecular formula is C24H31NO3. The fraction of sp³-hybridized carbons (Fsp3) is 0.375. The van der Waals surface area contributed by atoms with Crippen LogP contribution < -0.4 is 14.8 Å². The van der Waals surface area contributed by atoms with Crippen molar-refractivity contribution < 1.29 is 14.3 Å². The minimum Gasteiger partial charge on any atom is -0.493 e. The van der Waals surface area contributed by atoms with Crippen LogP contribution in [-0.2, 0) is 11.4 Å². The van der Waals surface area contributed by atoms with Crippen LogP contribution in [0.15, 0.2) is 48.5 Å². The normalized spacial score (nSPS) is 10.8. The van der Waals surface area contributed by atoms with Gasteiger partial charge in [-0.05, 0) is 48.2 Å². The van der Waals surface area contributed by atoms with Gasteiger partial charge in [0.05, 0.1) is 7.11 Å². The summed E-state index contributed by atoms with van der Waals surface area (Å²) in [6.07, 6.45) is 7.93. The average Bonchev–Trinajstić information content (AvgIpc) is 2.71. The van der Waals surface area contributed by atoms with Crippen LogP contribution in [0.25, 0.3) is 6.08 Å². The second kappa shape index (κ2) is 11.9. The van der Waals surface area contributed by atoms with Crippen LogP contribution in [-0.4, -0.2) is 19.6 Å². The fourth-order valence-corrected chi connectivity index (χ4v) is 2.83. The molecule has 0 heterocycles. The molecule has 4 nitrogen and oxygen atoms in total. The quantitative estimate of drug-likeness (QED) is 0.425. The molecule has 2 aromatic rings. The number of rotatable bonds is 11. The molecule has 0 atom stereocenters. The van der Waals surface area contributed by atoms with E-state index in [-0.39, 0.29) is 5.91 Å². The van der Waals surface area contributed by atoms with Crippen LogP contribution >= 0.6 is 0 Å². The van der Waals surface area contributed by atoms with E-state index in [1.54, 1.807) is 19.3 Å². The van der Waals surface area contributed by atoms with Gasteiger partial charge in [0.2, 0.25) is 5.91 Å². The highest BCUT2D eigenvalue weighted by atomic mass is 16.5. The molecule has 150 valence electrons. The number of ether oxygens (including phenoxy) is 2. The molecule has 0 aliphatic rings. The third-order valence-corrected chi connectivity index (χ3v) is 4.59. The van der Waals surface area contributed by atoms with Gasteiger partial charge in [0, 0.05) is 12.6 Å². The van der Waals surface area contributed by atoms with Crippen molar-refractivity contribution in [2.45, 2.75) is 46.1 Å². The van der Waals surface area contributed by atoms with E-state index < -0.39 is 0 Å². The predicted octanol–water partition coefficient (Wildman–Crippen LogP) is 5.29. The number of benzene rings is 2. The van der Waals surface area contributed by atoms with E-state index in [1.165, 1.54) is 18.4 Å². The monoisotopic (exact) mass is 381 g/mol. The largest absolute Gasteiger partial charge is 0.493 e. The summed E-state index contributed by atoms with van der Waals surface area (Å²) in [5.74, 6) is 1.26. The number of hydrogen-bond donors (Lipinski definition) is 1. The van der Waals surface area contributed by atoms with Gasteiger partial charge in [0.1, 0.15) is 6.61 Å². The Kier molecular flexibility index (Phi) is 9.13. The molecule has 0 saturated heterocycles. The number of amides is 1. The second-order valence-electron chi connectivity index (χ2n) is 6.81. The van der Waals surface area contributed by atoms with Crippen LogP contribution in [0, 0.1) is 6.92 Å². The second-order valence-corrected chi connectivity index (χ2v) is 6.81. The van der Waals surface area contributed by atoms with Gasteiger partial charge in [-0.15, -0.1) is 0 Å². The Morgan fingerprint density at radius 1 is 1.07 bits per heavy atom. The Bertz CT molecular complexity index is 783. The molecule has 0 radical (unpaired) electrons. The first-order valence-electron chi connectivity index (χ1n) is 9.95. The molecular weight excluding hydrogens is 350 g/mol. The minimum atomic E-state index is -0.0738.